The predicted octanol–water partition coefficient (Wildman–Crippen LogP) is 0.764. The standard InChI is InChI=1S/C12H22N2O2/c1-9(2)13-11-3-6-14(12(11)15)10-4-7-16-8-5-10/h9-11,13H,3-8H2,1-2H3. The van der Waals surface area contributed by atoms with Crippen molar-refractivity contribution >= 4 is 5.91 Å². The highest BCUT2D eigenvalue weighted by Gasteiger charge is 2.36. The lowest BCUT2D eigenvalue weighted by atomic mass is 10.1. The Morgan fingerprint density at radius 3 is 2.62 bits per heavy atom. The monoisotopic (exact) mass is 226 g/mol. The third-order valence-corrected chi connectivity index (χ3v) is 3.41. The van der Waals surface area contributed by atoms with Gasteiger partial charge in [0.2, 0.25) is 5.91 Å². The van der Waals surface area contributed by atoms with Crippen LogP contribution in [0, 0.1) is 0 Å². The minimum absolute atomic E-state index is 0.0443. The molecule has 16 heavy (non-hydrogen) atoms. The van der Waals surface area contributed by atoms with E-state index in [1.54, 1.807) is 0 Å². The Morgan fingerprint density at radius 2 is 2.00 bits per heavy atom. The first-order valence-corrected chi connectivity index (χ1v) is 6.32. The number of carbonyl (C=O) groups is 1. The third-order valence-electron chi connectivity index (χ3n) is 3.41. The Bertz CT molecular complexity index is 249. The van der Waals surface area contributed by atoms with Gasteiger partial charge in [0.05, 0.1) is 6.04 Å². The average molecular weight is 226 g/mol. The molecule has 0 aromatic carbocycles. The lowest BCUT2D eigenvalue weighted by molar-refractivity contribution is -0.133. The summed E-state index contributed by atoms with van der Waals surface area (Å²) < 4.78 is 5.33. The maximum absolute atomic E-state index is 12.2. The quantitative estimate of drug-likeness (QED) is 0.772. The second-order valence-electron chi connectivity index (χ2n) is 5.04. The summed E-state index contributed by atoms with van der Waals surface area (Å²) in [5.41, 5.74) is 0. The summed E-state index contributed by atoms with van der Waals surface area (Å²) in [6.07, 6.45) is 2.95. The summed E-state index contributed by atoms with van der Waals surface area (Å²) in [5, 5.41) is 3.34. The van der Waals surface area contributed by atoms with E-state index in [9.17, 15) is 4.79 Å². The van der Waals surface area contributed by atoms with Crippen molar-refractivity contribution in [1.29, 1.82) is 0 Å². The molecule has 1 atom stereocenters. The van der Waals surface area contributed by atoms with E-state index >= 15 is 0 Å². The molecule has 1 amide bonds. The fraction of sp³-hybridized carbons (Fsp3) is 0.917. The van der Waals surface area contributed by atoms with Crippen molar-refractivity contribution in [1.82, 2.24) is 10.2 Å². The van der Waals surface area contributed by atoms with Crippen molar-refractivity contribution in [2.24, 2.45) is 0 Å². The minimum Gasteiger partial charge on any atom is -0.381 e. The van der Waals surface area contributed by atoms with Gasteiger partial charge in [0.1, 0.15) is 0 Å². The van der Waals surface area contributed by atoms with Crippen LogP contribution in [0.5, 0.6) is 0 Å². The van der Waals surface area contributed by atoms with E-state index in [0.29, 0.717) is 18.0 Å². The van der Waals surface area contributed by atoms with E-state index in [2.05, 4.69) is 24.1 Å². The van der Waals surface area contributed by atoms with Gasteiger partial charge in [-0.1, -0.05) is 13.8 Å². The van der Waals surface area contributed by atoms with Crippen LogP contribution in [0.25, 0.3) is 0 Å². The van der Waals surface area contributed by atoms with E-state index in [-0.39, 0.29) is 6.04 Å². The Hall–Kier alpha value is -0.610. The van der Waals surface area contributed by atoms with Crippen LogP contribution in [0.2, 0.25) is 0 Å². The molecular formula is C12H22N2O2. The zero-order chi connectivity index (χ0) is 11.5. The summed E-state index contributed by atoms with van der Waals surface area (Å²) >= 11 is 0. The maximum atomic E-state index is 12.2. The first-order valence-electron chi connectivity index (χ1n) is 6.32. The molecule has 2 fully saturated rings. The molecule has 0 aromatic heterocycles. The van der Waals surface area contributed by atoms with E-state index in [1.165, 1.54) is 0 Å². The van der Waals surface area contributed by atoms with E-state index < -0.39 is 0 Å². The van der Waals surface area contributed by atoms with Gasteiger partial charge in [-0.05, 0) is 19.3 Å². The van der Waals surface area contributed by atoms with Gasteiger partial charge >= 0.3 is 0 Å². The van der Waals surface area contributed by atoms with Crippen molar-refractivity contribution in [3.05, 3.63) is 0 Å². The van der Waals surface area contributed by atoms with E-state index in [1.807, 2.05) is 0 Å². The number of likely N-dealkylation sites (tertiary alicyclic amines) is 1. The van der Waals surface area contributed by atoms with Crippen LogP contribution >= 0.6 is 0 Å². The van der Waals surface area contributed by atoms with Crippen molar-refractivity contribution in [2.45, 2.75) is 51.2 Å². The molecule has 0 aliphatic carbocycles. The van der Waals surface area contributed by atoms with E-state index in [0.717, 1.165) is 39.0 Å². The number of hydrogen-bond acceptors (Lipinski definition) is 3. The summed E-state index contributed by atoms with van der Waals surface area (Å²) in [7, 11) is 0. The zero-order valence-corrected chi connectivity index (χ0v) is 10.2. The van der Waals surface area contributed by atoms with Gasteiger partial charge in [-0.2, -0.15) is 0 Å². The molecule has 4 heteroatoms. The van der Waals surface area contributed by atoms with Crippen LogP contribution in [-0.2, 0) is 9.53 Å². The van der Waals surface area contributed by atoms with Crippen LogP contribution in [0.15, 0.2) is 0 Å². The van der Waals surface area contributed by atoms with Crippen molar-refractivity contribution in [2.75, 3.05) is 19.8 Å². The number of hydrogen-bond donors (Lipinski definition) is 1. The molecule has 92 valence electrons. The molecule has 2 heterocycles. The fourth-order valence-corrected chi connectivity index (χ4v) is 2.62. The molecule has 1 N–H and O–H groups in total. The SMILES string of the molecule is CC(C)NC1CCN(C2CCOCC2)C1=O. The van der Waals surface area contributed by atoms with Crippen LogP contribution in [0.4, 0.5) is 0 Å². The molecule has 0 bridgehead atoms. The molecule has 2 saturated heterocycles. The summed E-state index contributed by atoms with van der Waals surface area (Å²) in [6, 6.07) is 0.839. The highest BCUT2D eigenvalue weighted by Crippen LogP contribution is 2.21. The molecule has 0 aromatic rings. The second kappa shape index (κ2) is 5.15. The summed E-state index contributed by atoms with van der Waals surface area (Å²) in [4.78, 5) is 14.2. The number of nitrogens with one attached hydrogen (secondary N) is 1. The topological polar surface area (TPSA) is 41.6 Å². The van der Waals surface area contributed by atoms with Crippen LogP contribution in [0.1, 0.15) is 33.1 Å². The molecule has 0 spiro atoms. The number of nitrogens with zero attached hydrogens (tertiary/aromatic N) is 1. The number of amides is 1. The van der Waals surface area contributed by atoms with Crippen LogP contribution in [-0.4, -0.2) is 48.7 Å². The minimum atomic E-state index is 0.0443. The zero-order valence-electron chi connectivity index (χ0n) is 10.2. The Labute approximate surface area is 97.3 Å². The Balaban J connectivity index is 1.90. The first kappa shape index (κ1) is 11.9. The van der Waals surface area contributed by atoms with Crippen LogP contribution in [0.3, 0.4) is 0 Å². The van der Waals surface area contributed by atoms with Crippen LogP contribution < -0.4 is 5.32 Å². The number of ether oxygens (including phenoxy) is 1. The molecule has 0 saturated carbocycles. The van der Waals surface area contributed by atoms with Gasteiger partial charge < -0.3 is 15.0 Å². The van der Waals surface area contributed by atoms with Gasteiger partial charge in [0.25, 0.3) is 0 Å². The fourth-order valence-electron chi connectivity index (χ4n) is 2.62. The smallest absolute Gasteiger partial charge is 0.240 e. The van der Waals surface area contributed by atoms with Crippen molar-refractivity contribution < 1.29 is 9.53 Å². The first-order chi connectivity index (χ1) is 7.68. The van der Waals surface area contributed by atoms with Gasteiger partial charge in [-0.25, -0.2) is 0 Å². The molecular weight excluding hydrogens is 204 g/mol. The maximum Gasteiger partial charge on any atom is 0.240 e. The van der Waals surface area contributed by atoms with Gasteiger partial charge in [0, 0.05) is 31.8 Å². The lowest BCUT2D eigenvalue weighted by Gasteiger charge is -2.31. The molecule has 2 aliphatic heterocycles. The third kappa shape index (κ3) is 2.55. The largest absolute Gasteiger partial charge is 0.381 e. The Morgan fingerprint density at radius 1 is 1.31 bits per heavy atom. The Kier molecular flexibility index (Phi) is 3.82. The number of carbonyl (C=O) groups excluding carboxylic acids is 1. The van der Waals surface area contributed by atoms with Gasteiger partial charge in [-0.15, -0.1) is 0 Å². The van der Waals surface area contributed by atoms with Crippen molar-refractivity contribution in [3.63, 3.8) is 0 Å². The highest BCUT2D eigenvalue weighted by molar-refractivity contribution is 5.84. The van der Waals surface area contributed by atoms with Gasteiger partial charge in [0.15, 0.2) is 0 Å². The predicted molar refractivity (Wildman–Crippen MR) is 62.2 cm³/mol. The lowest BCUT2D eigenvalue weighted by Crippen LogP contribution is -2.46. The van der Waals surface area contributed by atoms with Gasteiger partial charge in [-0.3, -0.25) is 4.79 Å². The molecule has 0 radical (unpaired) electrons. The van der Waals surface area contributed by atoms with Crippen molar-refractivity contribution in [3.8, 4) is 0 Å². The summed E-state index contributed by atoms with van der Waals surface area (Å²) in [6.45, 7) is 6.69. The normalized spacial score (nSPS) is 28.1. The second-order valence-corrected chi connectivity index (χ2v) is 5.04. The molecule has 2 aliphatic rings. The highest BCUT2D eigenvalue weighted by atomic mass is 16.5. The number of rotatable bonds is 3. The summed E-state index contributed by atoms with van der Waals surface area (Å²) in [5.74, 6) is 0.292. The molecule has 2 rings (SSSR count). The average Bonchev–Trinajstić information content (AvgIpc) is 2.61. The molecule has 1 unspecified atom stereocenters. The van der Waals surface area contributed by atoms with E-state index in [4.69, 9.17) is 4.74 Å². The molecule has 4 nitrogen and oxygen atoms in total.